The fraction of sp³-hybridized carbons (Fsp3) is 0.762. The molecule has 3 N–H and O–H groups in total. The first kappa shape index (κ1) is 32.7. The Morgan fingerprint density at radius 1 is 1.03 bits per heavy atom. The van der Waals surface area contributed by atoms with Gasteiger partial charge >= 0.3 is 0 Å². The van der Waals surface area contributed by atoms with Crippen LogP contribution < -0.4 is 16.0 Å². The summed E-state index contributed by atoms with van der Waals surface area (Å²) in [7, 11) is 6.37. The lowest BCUT2D eigenvalue weighted by atomic mass is 10.0. The standard InChI is InChI=1S/C21H39B2N3O6S2/c1-17(15-32-21(2,3)7-10-26-20(23)29)31-13-6-19(28)25-11-14-33-34-16-30-12-5-18(27)24-9-4-8-22/h17H,5-7,9-16,22-23H2,1-3H3,(H,24,27)(H,25,28)(H,26,29). The SMILES string of the molecule is BC#CCNC(=O)CCOCSSCCNC(=O)CCOC(C)COC(C)(C)CCNC(B)=O. The Morgan fingerprint density at radius 3 is 2.44 bits per heavy atom. The third kappa shape index (κ3) is 22.5. The van der Waals surface area contributed by atoms with Gasteiger partial charge in [0, 0.05) is 25.3 Å². The largest absolute Gasteiger partial charge is 0.376 e. The minimum atomic E-state index is -0.364. The van der Waals surface area contributed by atoms with Gasteiger partial charge in [-0.3, -0.25) is 14.4 Å². The zero-order valence-corrected chi connectivity index (χ0v) is 22.8. The zero-order valence-electron chi connectivity index (χ0n) is 21.1. The molecule has 0 aromatic rings. The molecule has 1 unspecified atom stereocenters. The number of hydrogen-bond donors (Lipinski definition) is 3. The van der Waals surface area contributed by atoms with Crippen molar-refractivity contribution < 1.29 is 28.6 Å². The summed E-state index contributed by atoms with van der Waals surface area (Å²) in [5.74, 6) is 6.55. The summed E-state index contributed by atoms with van der Waals surface area (Å²) in [6, 6.07) is 0. The molecule has 0 aliphatic carbocycles. The minimum Gasteiger partial charge on any atom is -0.376 e. The van der Waals surface area contributed by atoms with Crippen molar-refractivity contribution in [3.8, 4) is 11.7 Å². The molecule has 192 valence electrons. The monoisotopic (exact) mass is 515 g/mol. The molecule has 0 radical (unpaired) electrons. The molecule has 0 rings (SSSR count). The van der Waals surface area contributed by atoms with Crippen molar-refractivity contribution in [2.45, 2.75) is 51.7 Å². The summed E-state index contributed by atoms with van der Waals surface area (Å²) in [4.78, 5) is 34.3. The summed E-state index contributed by atoms with van der Waals surface area (Å²) in [5, 5.41) is 8.31. The van der Waals surface area contributed by atoms with Gasteiger partial charge in [-0.05, 0) is 27.2 Å². The molecule has 0 aromatic carbocycles. The third-order valence-corrected chi connectivity index (χ3v) is 6.38. The predicted octanol–water partition coefficient (Wildman–Crippen LogP) is -0.118. The van der Waals surface area contributed by atoms with E-state index in [9.17, 15) is 14.4 Å². The van der Waals surface area contributed by atoms with E-state index in [1.807, 2.05) is 20.8 Å². The lowest BCUT2D eigenvalue weighted by Crippen LogP contribution is -2.34. The number of nitrogens with one attached hydrogen (secondary N) is 3. The fourth-order valence-corrected chi connectivity index (χ4v) is 3.92. The first-order valence-corrected chi connectivity index (χ1v) is 13.9. The molecule has 0 saturated heterocycles. The van der Waals surface area contributed by atoms with Crippen LogP contribution in [0.2, 0.25) is 0 Å². The summed E-state index contributed by atoms with van der Waals surface area (Å²) >= 11 is 0. The number of amides is 3. The average molecular weight is 515 g/mol. The molecule has 34 heavy (non-hydrogen) atoms. The van der Waals surface area contributed by atoms with Crippen molar-refractivity contribution in [1.82, 2.24) is 16.0 Å². The van der Waals surface area contributed by atoms with Gasteiger partial charge in [-0.2, -0.15) is 5.82 Å². The Bertz CT molecular complexity index is 662. The van der Waals surface area contributed by atoms with Crippen molar-refractivity contribution >= 4 is 54.9 Å². The van der Waals surface area contributed by atoms with Crippen LogP contribution in [0, 0.1) is 11.7 Å². The van der Waals surface area contributed by atoms with Gasteiger partial charge in [0.05, 0.1) is 44.5 Å². The van der Waals surface area contributed by atoms with Crippen molar-refractivity contribution in [2.75, 3.05) is 51.1 Å². The van der Waals surface area contributed by atoms with E-state index in [0.29, 0.717) is 64.7 Å². The molecule has 0 bridgehead atoms. The van der Waals surface area contributed by atoms with Crippen molar-refractivity contribution in [3.05, 3.63) is 0 Å². The molecule has 0 saturated carbocycles. The summed E-state index contributed by atoms with van der Waals surface area (Å²) in [6.07, 6.45) is 1.19. The van der Waals surface area contributed by atoms with Crippen molar-refractivity contribution in [3.63, 3.8) is 0 Å². The van der Waals surface area contributed by atoms with Gasteiger partial charge in [0.15, 0.2) is 13.7 Å². The molecule has 0 aliphatic rings. The highest BCUT2D eigenvalue weighted by Gasteiger charge is 2.19. The Labute approximate surface area is 213 Å². The Morgan fingerprint density at radius 2 is 1.74 bits per heavy atom. The highest BCUT2D eigenvalue weighted by atomic mass is 33.1. The molecular formula is C21H39B2N3O6S2. The van der Waals surface area contributed by atoms with E-state index in [1.165, 1.54) is 7.85 Å². The summed E-state index contributed by atoms with van der Waals surface area (Å²) < 4.78 is 16.9. The van der Waals surface area contributed by atoms with Gasteiger partial charge in [-0.1, -0.05) is 27.5 Å². The van der Waals surface area contributed by atoms with Crippen LogP contribution in [-0.2, 0) is 23.8 Å². The average Bonchev–Trinajstić information content (AvgIpc) is 2.76. The zero-order chi connectivity index (χ0) is 25.7. The normalized spacial score (nSPS) is 11.7. The van der Waals surface area contributed by atoms with Crippen LogP contribution in [0.15, 0.2) is 0 Å². The number of carbonyl (C=O) groups is 3. The molecule has 13 heteroatoms. The van der Waals surface area contributed by atoms with E-state index in [2.05, 4.69) is 27.7 Å². The first-order valence-electron chi connectivity index (χ1n) is 11.4. The Kier molecular flexibility index (Phi) is 20.2. The van der Waals surface area contributed by atoms with E-state index in [4.69, 9.17) is 14.2 Å². The third-order valence-electron chi connectivity index (χ3n) is 4.29. The van der Waals surface area contributed by atoms with Crippen LogP contribution in [-0.4, -0.2) is 96.2 Å². The molecule has 0 aromatic heterocycles. The van der Waals surface area contributed by atoms with E-state index in [1.54, 1.807) is 29.4 Å². The second-order valence-electron chi connectivity index (χ2n) is 8.00. The van der Waals surface area contributed by atoms with Crippen molar-refractivity contribution in [2.24, 2.45) is 0 Å². The number of rotatable bonds is 20. The summed E-state index contributed by atoms with van der Waals surface area (Å²) in [5.41, 5.74) is -0.364. The van der Waals surface area contributed by atoms with Gasteiger partial charge in [-0.25, -0.2) is 0 Å². The number of ether oxygens (including phenoxy) is 3. The highest BCUT2D eigenvalue weighted by Crippen LogP contribution is 2.20. The molecule has 1 atom stereocenters. The second kappa shape index (κ2) is 21.0. The molecule has 0 spiro atoms. The topological polar surface area (TPSA) is 115 Å². The molecule has 0 fully saturated rings. The van der Waals surface area contributed by atoms with E-state index in [0.717, 1.165) is 5.75 Å². The van der Waals surface area contributed by atoms with Crippen LogP contribution in [0.1, 0.15) is 40.0 Å². The van der Waals surface area contributed by atoms with Crippen molar-refractivity contribution in [1.29, 1.82) is 0 Å². The first-order chi connectivity index (χ1) is 16.2. The quantitative estimate of drug-likeness (QED) is 0.0677. The van der Waals surface area contributed by atoms with Gasteiger partial charge in [0.25, 0.3) is 0 Å². The Hall–Kier alpha value is -1.32. The molecule has 0 heterocycles. The van der Waals surface area contributed by atoms with Gasteiger partial charge in [0.2, 0.25) is 19.7 Å². The van der Waals surface area contributed by atoms with Crippen LogP contribution in [0.3, 0.4) is 0 Å². The molecular weight excluding hydrogens is 476 g/mol. The smallest absolute Gasteiger partial charge is 0.223 e. The lowest BCUT2D eigenvalue weighted by molar-refractivity contribution is -0.124. The van der Waals surface area contributed by atoms with Gasteiger partial charge in [0.1, 0.15) is 5.94 Å². The van der Waals surface area contributed by atoms with Crippen LogP contribution in [0.4, 0.5) is 4.79 Å². The second-order valence-corrected chi connectivity index (χ2v) is 10.5. The van der Waals surface area contributed by atoms with Gasteiger partial charge < -0.3 is 30.2 Å². The summed E-state index contributed by atoms with van der Waals surface area (Å²) in [6.45, 7) is 8.47. The highest BCUT2D eigenvalue weighted by molar-refractivity contribution is 8.76. The van der Waals surface area contributed by atoms with E-state index < -0.39 is 0 Å². The maximum absolute atomic E-state index is 11.9. The maximum Gasteiger partial charge on any atom is 0.223 e. The van der Waals surface area contributed by atoms with E-state index >= 15 is 0 Å². The van der Waals surface area contributed by atoms with Gasteiger partial charge in [-0.15, -0.1) is 0 Å². The number of hydrogen-bond acceptors (Lipinski definition) is 8. The molecule has 3 amide bonds. The maximum atomic E-state index is 11.9. The predicted molar refractivity (Wildman–Crippen MR) is 144 cm³/mol. The Balaban J connectivity index is 3.58. The lowest BCUT2D eigenvalue weighted by Gasteiger charge is -2.27. The van der Waals surface area contributed by atoms with Crippen LogP contribution in [0.25, 0.3) is 0 Å². The molecule has 0 aliphatic heterocycles. The fourth-order valence-electron chi connectivity index (χ4n) is 2.35. The minimum absolute atomic E-state index is 0.0515. The number of carbonyl (C=O) groups excluding carboxylic acids is 3. The van der Waals surface area contributed by atoms with Crippen LogP contribution in [0.5, 0.6) is 0 Å². The van der Waals surface area contributed by atoms with E-state index in [-0.39, 0.29) is 29.3 Å². The molecule has 9 nitrogen and oxygen atoms in total. The van der Waals surface area contributed by atoms with Crippen LogP contribution >= 0.6 is 21.6 Å².